The third-order valence-electron chi connectivity index (χ3n) is 4.17. The smallest absolute Gasteiger partial charge is 0.240 e. The number of nitrogens with one attached hydrogen (secondary N) is 3. The zero-order valence-electron chi connectivity index (χ0n) is 14.8. The molecule has 28 heavy (non-hydrogen) atoms. The van der Waals surface area contributed by atoms with Crippen LogP contribution in [-0.2, 0) is 9.59 Å². The largest absolute Gasteiger partial charge is 0.361 e. The van der Waals surface area contributed by atoms with Crippen molar-refractivity contribution in [1.29, 1.82) is 0 Å². The Morgan fingerprint density at radius 3 is 2.79 bits per heavy atom. The second-order valence-corrected chi connectivity index (χ2v) is 7.34. The Kier molecular flexibility index (Phi) is 5.20. The Morgan fingerprint density at radius 1 is 1.14 bits per heavy atom. The number of aromatic nitrogens is 1. The highest BCUT2D eigenvalue weighted by atomic mass is 32.2. The van der Waals surface area contributed by atoms with Gasteiger partial charge in [0, 0.05) is 34.8 Å². The molecule has 4 rings (SSSR count). The van der Waals surface area contributed by atoms with Gasteiger partial charge in [-0.3, -0.25) is 9.59 Å². The molecule has 1 aliphatic rings. The second kappa shape index (κ2) is 8.10. The lowest BCUT2D eigenvalue weighted by Crippen LogP contribution is -2.28. The first-order valence-corrected chi connectivity index (χ1v) is 9.56. The van der Waals surface area contributed by atoms with Crippen molar-refractivity contribution in [2.24, 2.45) is 10.2 Å². The summed E-state index contributed by atoms with van der Waals surface area (Å²) in [7, 11) is 0. The van der Waals surface area contributed by atoms with Crippen LogP contribution in [0.4, 0.5) is 5.69 Å². The van der Waals surface area contributed by atoms with Crippen LogP contribution in [0.1, 0.15) is 12.0 Å². The molecule has 7 nitrogen and oxygen atoms in total. The molecule has 0 aliphatic carbocycles. The van der Waals surface area contributed by atoms with Gasteiger partial charge in [-0.25, -0.2) is 0 Å². The van der Waals surface area contributed by atoms with Crippen LogP contribution in [0.3, 0.4) is 0 Å². The van der Waals surface area contributed by atoms with Crippen LogP contribution in [0.15, 0.2) is 71.0 Å². The first kappa shape index (κ1) is 18.0. The van der Waals surface area contributed by atoms with E-state index < -0.39 is 5.25 Å². The molecule has 3 aromatic rings. The van der Waals surface area contributed by atoms with Crippen LogP contribution in [0.2, 0.25) is 0 Å². The van der Waals surface area contributed by atoms with Crippen LogP contribution in [0, 0.1) is 0 Å². The third-order valence-corrected chi connectivity index (χ3v) is 5.24. The highest BCUT2D eigenvalue weighted by Gasteiger charge is 2.32. The van der Waals surface area contributed by atoms with Crippen molar-refractivity contribution in [1.82, 2.24) is 10.3 Å². The van der Waals surface area contributed by atoms with Crippen molar-refractivity contribution < 1.29 is 9.59 Å². The summed E-state index contributed by atoms with van der Waals surface area (Å²) in [6.45, 7) is 0. The van der Waals surface area contributed by atoms with Crippen LogP contribution >= 0.6 is 11.8 Å². The van der Waals surface area contributed by atoms with Crippen molar-refractivity contribution in [2.75, 3.05) is 5.32 Å². The van der Waals surface area contributed by atoms with E-state index in [4.69, 9.17) is 0 Å². The Balaban J connectivity index is 1.36. The number of para-hydroxylation sites is 2. The number of H-pyrrole nitrogens is 1. The predicted octanol–water partition coefficient (Wildman–Crippen LogP) is 3.12. The quantitative estimate of drug-likeness (QED) is 0.460. The lowest BCUT2D eigenvalue weighted by molar-refractivity contribution is -0.122. The number of carbonyl (C=O) groups is 2. The number of aromatic amines is 1. The number of hydrogen-bond donors (Lipinski definition) is 3. The monoisotopic (exact) mass is 391 g/mol. The predicted molar refractivity (Wildman–Crippen MR) is 113 cm³/mol. The zero-order chi connectivity index (χ0) is 19.3. The van der Waals surface area contributed by atoms with Gasteiger partial charge < -0.3 is 15.6 Å². The van der Waals surface area contributed by atoms with Crippen molar-refractivity contribution >= 4 is 51.5 Å². The van der Waals surface area contributed by atoms with Crippen molar-refractivity contribution in [2.45, 2.75) is 11.7 Å². The molecule has 0 radical (unpaired) electrons. The number of nitrogens with zero attached hydrogens (tertiary/aromatic N) is 2. The second-order valence-electron chi connectivity index (χ2n) is 6.15. The summed E-state index contributed by atoms with van der Waals surface area (Å²) < 4.78 is 0. The van der Waals surface area contributed by atoms with Gasteiger partial charge in [0.2, 0.25) is 11.8 Å². The highest BCUT2D eigenvalue weighted by molar-refractivity contribution is 8.15. The first-order chi connectivity index (χ1) is 13.7. The fourth-order valence-corrected chi connectivity index (χ4v) is 3.76. The van der Waals surface area contributed by atoms with E-state index in [1.807, 2.05) is 48.7 Å². The molecule has 2 heterocycles. The summed E-state index contributed by atoms with van der Waals surface area (Å²) in [6.07, 6.45) is 3.55. The maximum absolute atomic E-state index is 12.1. The van der Waals surface area contributed by atoms with Gasteiger partial charge >= 0.3 is 0 Å². The maximum atomic E-state index is 12.1. The van der Waals surface area contributed by atoms with E-state index in [-0.39, 0.29) is 18.2 Å². The summed E-state index contributed by atoms with van der Waals surface area (Å²) in [5.74, 6) is -0.461. The lowest BCUT2D eigenvalue weighted by atomic mass is 10.2. The molecule has 2 amide bonds. The number of hydrogen-bond acceptors (Lipinski definition) is 5. The van der Waals surface area contributed by atoms with E-state index in [1.54, 1.807) is 18.3 Å². The van der Waals surface area contributed by atoms with Crippen LogP contribution in [0.25, 0.3) is 10.9 Å². The summed E-state index contributed by atoms with van der Waals surface area (Å²) in [6, 6.07) is 17.0. The molecule has 1 aromatic heterocycles. The van der Waals surface area contributed by atoms with Gasteiger partial charge in [-0.05, 0) is 18.2 Å². The summed E-state index contributed by atoms with van der Waals surface area (Å²) in [4.78, 5) is 27.4. The number of amidine groups is 1. The molecule has 3 N–H and O–H groups in total. The summed E-state index contributed by atoms with van der Waals surface area (Å²) in [5.41, 5.74) is 2.63. The molecule has 0 unspecified atom stereocenters. The molecule has 0 spiro atoms. The van der Waals surface area contributed by atoms with Crippen molar-refractivity contribution in [3.8, 4) is 0 Å². The summed E-state index contributed by atoms with van der Waals surface area (Å²) >= 11 is 1.21. The maximum Gasteiger partial charge on any atom is 0.240 e. The number of benzene rings is 2. The molecule has 1 fully saturated rings. The third kappa shape index (κ3) is 4.12. The molecule has 140 valence electrons. The van der Waals surface area contributed by atoms with Crippen LogP contribution in [0.5, 0.6) is 0 Å². The average molecular weight is 391 g/mol. The van der Waals surface area contributed by atoms with Gasteiger partial charge in [0.05, 0.1) is 6.21 Å². The molecule has 8 heteroatoms. The minimum Gasteiger partial charge on any atom is -0.361 e. The molecule has 0 saturated carbocycles. The number of fused-ring (bicyclic) bond motifs is 1. The van der Waals surface area contributed by atoms with E-state index in [9.17, 15) is 9.59 Å². The molecular formula is C20H17N5O2S. The minimum absolute atomic E-state index is 0.0660. The van der Waals surface area contributed by atoms with Gasteiger partial charge in [-0.1, -0.05) is 48.2 Å². The number of anilines is 1. The van der Waals surface area contributed by atoms with Gasteiger partial charge in [0.15, 0.2) is 5.17 Å². The van der Waals surface area contributed by atoms with E-state index in [0.717, 1.165) is 16.5 Å². The molecular weight excluding hydrogens is 374 g/mol. The Bertz CT molecular complexity index is 1070. The fourth-order valence-electron chi connectivity index (χ4n) is 2.83. The van der Waals surface area contributed by atoms with E-state index in [2.05, 4.69) is 25.8 Å². The van der Waals surface area contributed by atoms with E-state index >= 15 is 0 Å². The lowest BCUT2D eigenvalue weighted by Gasteiger charge is -2.06. The molecule has 1 saturated heterocycles. The van der Waals surface area contributed by atoms with Crippen molar-refractivity contribution in [3.63, 3.8) is 0 Å². The molecule has 1 atom stereocenters. The summed E-state index contributed by atoms with van der Waals surface area (Å²) in [5, 5.41) is 14.5. The SMILES string of the molecule is O=C(C[C@H]1S/C(=N/N=C/c2c[nH]c3ccccc23)NC1=O)Nc1ccccc1. The molecule has 0 bridgehead atoms. The Hall–Kier alpha value is -3.39. The van der Waals surface area contributed by atoms with Gasteiger partial charge in [0.25, 0.3) is 0 Å². The van der Waals surface area contributed by atoms with E-state index in [1.165, 1.54) is 11.8 Å². The van der Waals surface area contributed by atoms with Gasteiger partial charge in [-0.2, -0.15) is 5.10 Å². The average Bonchev–Trinajstić information content (AvgIpc) is 3.26. The zero-order valence-corrected chi connectivity index (χ0v) is 15.6. The van der Waals surface area contributed by atoms with Gasteiger partial charge in [0.1, 0.15) is 5.25 Å². The Morgan fingerprint density at radius 2 is 1.93 bits per heavy atom. The fraction of sp³-hybridized carbons (Fsp3) is 0.100. The van der Waals surface area contributed by atoms with E-state index in [0.29, 0.717) is 10.9 Å². The topological polar surface area (TPSA) is 98.7 Å². The normalized spacial score (nSPS) is 18.1. The number of thioether (sulfide) groups is 1. The van der Waals surface area contributed by atoms with Crippen molar-refractivity contribution in [3.05, 3.63) is 66.4 Å². The standard InChI is InChI=1S/C20H17N5O2S/c26-18(23-14-6-2-1-3-7-14)10-17-19(27)24-20(28-17)25-22-12-13-11-21-16-9-5-4-8-15(13)16/h1-9,11-12,17,21H,10H2,(H,23,26)(H,24,25,27)/b22-12+/t17-/m1/s1. The number of carbonyl (C=O) groups excluding carboxylic acids is 2. The van der Waals surface area contributed by atoms with Gasteiger partial charge in [-0.15, -0.1) is 5.10 Å². The molecule has 1 aliphatic heterocycles. The minimum atomic E-state index is -0.522. The van der Waals surface area contributed by atoms with Crippen LogP contribution in [-0.4, -0.2) is 33.4 Å². The Labute approximate surface area is 165 Å². The number of amides is 2. The molecule has 2 aromatic carbocycles. The van der Waals surface area contributed by atoms with Crippen LogP contribution < -0.4 is 10.6 Å². The number of rotatable bonds is 5. The highest BCUT2D eigenvalue weighted by Crippen LogP contribution is 2.23. The first-order valence-electron chi connectivity index (χ1n) is 8.68.